The van der Waals surface area contributed by atoms with E-state index >= 15 is 0 Å². The van der Waals surface area contributed by atoms with E-state index in [2.05, 4.69) is 0 Å². The quantitative estimate of drug-likeness (QED) is 0.579. The van der Waals surface area contributed by atoms with Gasteiger partial charge in [0, 0.05) is 17.0 Å². The Hall–Kier alpha value is -1.99. The van der Waals surface area contributed by atoms with Gasteiger partial charge < -0.3 is 9.47 Å². The number of ether oxygens (including phenoxy) is 2. The zero-order chi connectivity index (χ0) is 17.4. The molecule has 0 atom stereocenters. The maximum absolute atomic E-state index is 14.3. The summed E-state index contributed by atoms with van der Waals surface area (Å²) in [6, 6.07) is 3.56. The molecular formula is C17H13F5O2. The van der Waals surface area contributed by atoms with Gasteiger partial charge in [-0.2, -0.15) is 0 Å². The Balaban J connectivity index is 1.99. The standard InChI is InChI=1S/C17H13F5O2/c1-8-6-23-17(24-7-8)11-3-2-10(14(20)15(11)21)9-4-12(18)16(22)13(19)5-9/h2-5,8,17H,6-7H2,1H3. The minimum Gasteiger partial charge on any atom is -0.348 e. The smallest absolute Gasteiger partial charge is 0.194 e. The lowest BCUT2D eigenvalue weighted by Gasteiger charge is -2.28. The summed E-state index contributed by atoms with van der Waals surface area (Å²) >= 11 is 0. The summed E-state index contributed by atoms with van der Waals surface area (Å²) < 4.78 is 78.8. The maximum Gasteiger partial charge on any atom is 0.194 e. The van der Waals surface area contributed by atoms with Crippen LogP contribution in [0.3, 0.4) is 0 Å². The molecule has 0 aromatic heterocycles. The number of rotatable bonds is 2. The van der Waals surface area contributed by atoms with Gasteiger partial charge in [-0.3, -0.25) is 0 Å². The second-order valence-electron chi connectivity index (χ2n) is 5.69. The molecule has 0 radical (unpaired) electrons. The van der Waals surface area contributed by atoms with Crippen molar-refractivity contribution in [1.29, 1.82) is 0 Å². The third-order valence-electron chi connectivity index (χ3n) is 3.73. The van der Waals surface area contributed by atoms with E-state index in [9.17, 15) is 22.0 Å². The molecule has 7 heteroatoms. The van der Waals surface area contributed by atoms with E-state index in [1.807, 2.05) is 6.92 Å². The highest BCUT2D eigenvalue weighted by Crippen LogP contribution is 2.33. The topological polar surface area (TPSA) is 18.5 Å². The summed E-state index contributed by atoms with van der Waals surface area (Å²) in [7, 11) is 0. The molecule has 1 aliphatic heterocycles. The predicted molar refractivity (Wildman–Crippen MR) is 75.5 cm³/mol. The van der Waals surface area contributed by atoms with Gasteiger partial charge >= 0.3 is 0 Å². The third-order valence-corrected chi connectivity index (χ3v) is 3.73. The monoisotopic (exact) mass is 344 g/mol. The number of hydrogen-bond donors (Lipinski definition) is 0. The Kier molecular flexibility index (Phi) is 4.56. The van der Waals surface area contributed by atoms with Crippen molar-refractivity contribution in [2.45, 2.75) is 13.2 Å². The second-order valence-corrected chi connectivity index (χ2v) is 5.69. The van der Waals surface area contributed by atoms with Crippen LogP contribution in [0, 0.1) is 35.0 Å². The predicted octanol–water partition coefficient (Wildman–Crippen LogP) is 4.73. The number of benzene rings is 2. The summed E-state index contributed by atoms with van der Waals surface area (Å²) in [5.74, 6) is -7.06. The minimum absolute atomic E-state index is 0.138. The number of halogens is 5. The van der Waals surface area contributed by atoms with E-state index < -0.39 is 40.9 Å². The van der Waals surface area contributed by atoms with Gasteiger partial charge in [-0.25, -0.2) is 22.0 Å². The van der Waals surface area contributed by atoms with Crippen molar-refractivity contribution in [1.82, 2.24) is 0 Å². The highest BCUT2D eigenvalue weighted by Gasteiger charge is 2.27. The van der Waals surface area contributed by atoms with Crippen molar-refractivity contribution < 1.29 is 31.4 Å². The van der Waals surface area contributed by atoms with Crippen molar-refractivity contribution >= 4 is 0 Å². The molecular weight excluding hydrogens is 331 g/mol. The fourth-order valence-electron chi connectivity index (χ4n) is 2.46. The molecule has 0 unspecified atom stereocenters. The van der Waals surface area contributed by atoms with Crippen molar-refractivity contribution in [3.8, 4) is 11.1 Å². The Morgan fingerprint density at radius 2 is 1.42 bits per heavy atom. The van der Waals surface area contributed by atoms with Gasteiger partial charge in [0.15, 0.2) is 35.4 Å². The van der Waals surface area contributed by atoms with E-state index in [1.54, 1.807) is 0 Å². The zero-order valence-electron chi connectivity index (χ0n) is 12.6. The fourth-order valence-corrected chi connectivity index (χ4v) is 2.46. The van der Waals surface area contributed by atoms with Gasteiger partial charge in [-0.05, 0) is 17.7 Å². The van der Waals surface area contributed by atoms with Crippen LogP contribution in [0.25, 0.3) is 11.1 Å². The Bertz CT molecular complexity index is 747. The van der Waals surface area contributed by atoms with Crippen LogP contribution >= 0.6 is 0 Å². The molecule has 0 saturated carbocycles. The van der Waals surface area contributed by atoms with Crippen LogP contribution in [-0.4, -0.2) is 13.2 Å². The fraction of sp³-hybridized carbons (Fsp3) is 0.294. The van der Waals surface area contributed by atoms with E-state index in [-0.39, 0.29) is 17.0 Å². The van der Waals surface area contributed by atoms with Crippen LogP contribution in [0.2, 0.25) is 0 Å². The molecule has 0 N–H and O–H groups in total. The summed E-state index contributed by atoms with van der Waals surface area (Å²) in [5, 5.41) is 0. The summed E-state index contributed by atoms with van der Waals surface area (Å²) in [4.78, 5) is 0. The van der Waals surface area contributed by atoms with Crippen LogP contribution in [0.15, 0.2) is 24.3 Å². The van der Waals surface area contributed by atoms with E-state index in [1.165, 1.54) is 6.07 Å². The lowest BCUT2D eigenvalue weighted by molar-refractivity contribution is -0.203. The average Bonchev–Trinajstić information content (AvgIpc) is 2.56. The molecule has 0 bridgehead atoms. The van der Waals surface area contributed by atoms with E-state index in [4.69, 9.17) is 9.47 Å². The normalized spacial score (nSPS) is 21.1. The summed E-state index contributed by atoms with van der Waals surface area (Å²) in [5.41, 5.74) is -0.849. The van der Waals surface area contributed by atoms with Crippen LogP contribution in [0.4, 0.5) is 22.0 Å². The molecule has 3 rings (SSSR count). The molecule has 0 spiro atoms. The van der Waals surface area contributed by atoms with Crippen LogP contribution < -0.4 is 0 Å². The van der Waals surface area contributed by atoms with Crippen LogP contribution in [0.1, 0.15) is 18.8 Å². The van der Waals surface area contributed by atoms with Gasteiger partial charge in [0.05, 0.1) is 13.2 Å². The number of hydrogen-bond acceptors (Lipinski definition) is 2. The summed E-state index contributed by atoms with van der Waals surface area (Å²) in [6.07, 6.45) is -1.05. The van der Waals surface area contributed by atoms with Crippen LogP contribution in [0.5, 0.6) is 0 Å². The minimum atomic E-state index is -1.67. The first-order chi connectivity index (χ1) is 11.4. The average molecular weight is 344 g/mol. The SMILES string of the molecule is CC1COC(c2ccc(-c3cc(F)c(F)c(F)c3)c(F)c2F)OC1. The van der Waals surface area contributed by atoms with E-state index in [0.29, 0.717) is 25.3 Å². The Labute approximate surface area is 134 Å². The molecule has 2 aromatic carbocycles. The lowest BCUT2D eigenvalue weighted by atomic mass is 10.0. The molecule has 24 heavy (non-hydrogen) atoms. The lowest BCUT2D eigenvalue weighted by Crippen LogP contribution is -2.25. The van der Waals surface area contributed by atoms with Crippen molar-refractivity contribution in [3.05, 3.63) is 58.9 Å². The molecule has 2 aromatic rings. The van der Waals surface area contributed by atoms with Crippen molar-refractivity contribution in [2.24, 2.45) is 5.92 Å². The third kappa shape index (κ3) is 3.01. The maximum atomic E-state index is 14.3. The zero-order valence-corrected chi connectivity index (χ0v) is 12.6. The van der Waals surface area contributed by atoms with Gasteiger partial charge in [0.1, 0.15) is 0 Å². The second kappa shape index (κ2) is 6.49. The largest absolute Gasteiger partial charge is 0.348 e. The van der Waals surface area contributed by atoms with E-state index in [0.717, 1.165) is 6.07 Å². The molecule has 2 nitrogen and oxygen atoms in total. The van der Waals surface area contributed by atoms with Crippen molar-refractivity contribution in [2.75, 3.05) is 13.2 Å². The van der Waals surface area contributed by atoms with Crippen molar-refractivity contribution in [3.63, 3.8) is 0 Å². The Morgan fingerprint density at radius 3 is 2.00 bits per heavy atom. The first kappa shape index (κ1) is 16.9. The highest BCUT2D eigenvalue weighted by molar-refractivity contribution is 5.65. The Morgan fingerprint density at radius 1 is 0.833 bits per heavy atom. The molecule has 0 amide bonds. The van der Waals surface area contributed by atoms with Gasteiger partial charge in [-0.1, -0.05) is 19.1 Å². The van der Waals surface area contributed by atoms with Gasteiger partial charge in [-0.15, -0.1) is 0 Å². The highest BCUT2D eigenvalue weighted by atomic mass is 19.2. The molecule has 1 heterocycles. The first-order valence-corrected chi connectivity index (χ1v) is 7.24. The molecule has 1 fully saturated rings. The first-order valence-electron chi connectivity index (χ1n) is 7.24. The molecule has 1 saturated heterocycles. The van der Waals surface area contributed by atoms with Crippen LogP contribution in [-0.2, 0) is 9.47 Å². The van der Waals surface area contributed by atoms with Gasteiger partial charge in [0.2, 0.25) is 0 Å². The van der Waals surface area contributed by atoms with Gasteiger partial charge in [0.25, 0.3) is 0 Å². The molecule has 0 aliphatic carbocycles. The molecule has 128 valence electrons. The molecule has 1 aliphatic rings. The summed E-state index contributed by atoms with van der Waals surface area (Å²) in [6.45, 7) is 2.55.